The molecule has 0 aliphatic heterocycles. The fraction of sp³-hybridized carbons (Fsp3) is 0.200. The highest BCUT2D eigenvalue weighted by Gasteiger charge is 2.15. The Morgan fingerprint density at radius 2 is 1.93 bits per heavy atom. The van der Waals surface area contributed by atoms with Crippen LogP contribution in [0.1, 0.15) is 29.9 Å². The summed E-state index contributed by atoms with van der Waals surface area (Å²) in [5, 5.41) is 6.14. The van der Waals surface area contributed by atoms with Crippen LogP contribution in [-0.4, -0.2) is 21.8 Å². The Morgan fingerprint density at radius 1 is 1.14 bits per heavy atom. The summed E-state index contributed by atoms with van der Waals surface area (Å²) in [6.07, 6.45) is 1.62. The molecule has 0 saturated carbocycles. The smallest absolute Gasteiger partial charge is 0.256 e. The zero-order chi connectivity index (χ0) is 20.3. The minimum Gasteiger partial charge on any atom is -0.399 e. The predicted octanol–water partition coefficient (Wildman–Crippen LogP) is 3.94. The standard InChI is InChI=1S/C20H21N5O2S/c1-11(2)18(26)25-20-23-12(3)17(28-20)13-7-8-22-16(10-13)24-19(27)14-5-4-6-15(21)9-14/h4-11H,21H2,1-3H3,(H,22,24,27)(H,23,25,26). The Balaban J connectivity index is 1.81. The maximum Gasteiger partial charge on any atom is 0.256 e. The molecule has 0 saturated heterocycles. The Morgan fingerprint density at radius 3 is 2.64 bits per heavy atom. The summed E-state index contributed by atoms with van der Waals surface area (Å²) in [6.45, 7) is 5.53. The van der Waals surface area contributed by atoms with Crippen LogP contribution >= 0.6 is 11.3 Å². The quantitative estimate of drug-likeness (QED) is 0.567. The van der Waals surface area contributed by atoms with Gasteiger partial charge in [-0.2, -0.15) is 0 Å². The molecule has 2 amide bonds. The van der Waals surface area contributed by atoms with Crippen LogP contribution in [0.25, 0.3) is 10.4 Å². The number of nitrogens with one attached hydrogen (secondary N) is 2. The van der Waals surface area contributed by atoms with Gasteiger partial charge in [0.1, 0.15) is 5.82 Å². The monoisotopic (exact) mass is 395 g/mol. The van der Waals surface area contributed by atoms with Crippen molar-refractivity contribution in [3.63, 3.8) is 0 Å². The number of pyridine rings is 1. The average Bonchev–Trinajstić information content (AvgIpc) is 3.02. The van der Waals surface area contributed by atoms with Gasteiger partial charge >= 0.3 is 0 Å². The first-order valence-electron chi connectivity index (χ1n) is 8.75. The Bertz CT molecular complexity index is 1030. The molecule has 0 atom stereocenters. The zero-order valence-electron chi connectivity index (χ0n) is 15.8. The molecular formula is C20H21N5O2S. The molecule has 0 spiro atoms. The van der Waals surface area contributed by atoms with Gasteiger partial charge in [-0.1, -0.05) is 31.3 Å². The summed E-state index contributed by atoms with van der Waals surface area (Å²) in [5.41, 5.74) is 8.36. The lowest BCUT2D eigenvalue weighted by molar-refractivity contribution is -0.118. The number of nitrogens with two attached hydrogens (primary N) is 1. The molecule has 144 valence electrons. The normalized spacial score (nSPS) is 10.7. The number of rotatable bonds is 5. The molecule has 0 unspecified atom stereocenters. The predicted molar refractivity (Wildman–Crippen MR) is 112 cm³/mol. The van der Waals surface area contributed by atoms with Gasteiger partial charge in [-0.05, 0) is 42.8 Å². The van der Waals surface area contributed by atoms with Crippen LogP contribution in [-0.2, 0) is 4.79 Å². The van der Waals surface area contributed by atoms with Gasteiger partial charge in [-0.3, -0.25) is 9.59 Å². The number of aromatic nitrogens is 2. The fourth-order valence-electron chi connectivity index (χ4n) is 2.48. The number of amides is 2. The highest BCUT2D eigenvalue weighted by atomic mass is 32.1. The number of nitrogens with zero attached hydrogens (tertiary/aromatic N) is 2. The van der Waals surface area contributed by atoms with Crippen molar-refractivity contribution >= 4 is 39.8 Å². The van der Waals surface area contributed by atoms with Crippen molar-refractivity contribution in [2.24, 2.45) is 5.92 Å². The number of hydrogen-bond acceptors (Lipinski definition) is 6. The second-order valence-electron chi connectivity index (χ2n) is 6.59. The average molecular weight is 395 g/mol. The molecule has 3 aromatic rings. The van der Waals surface area contributed by atoms with Crippen molar-refractivity contribution in [3.8, 4) is 10.4 Å². The maximum absolute atomic E-state index is 12.4. The van der Waals surface area contributed by atoms with E-state index in [1.165, 1.54) is 11.3 Å². The molecular weight excluding hydrogens is 374 g/mol. The molecule has 0 aliphatic carbocycles. The second-order valence-corrected chi connectivity index (χ2v) is 7.59. The van der Waals surface area contributed by atoms with Crippen LogP contribution in [0.3, 0.4) is 0 Å². The van der Waals surface area contributed by atoms with Gasteiger partial charge in [0.25, 0.3) is 5.91 Å². The van der Waals surface area contributed by atoms with E-state index in [0.29, 0.717) is 22.2 Å². The lowest BCUT2D eigenvalue weighted by Gasteiger charge is -2.07. The SMILES string of the molecule is Cc1nc(NC(=O)C(C)C)sc1-c1ccnc(NC(=O)c2cccc(N)c2)c1. The summed E-state index contributed by atoms with van der Waals surface area (Å²) in [7, 11) is 0. The number of hydrogen-bond donors (Lipinski definition) is 3. The molecule has 2 aromatic heterocycles. The van der Waals surface area contributed by atoms with Crippen molar-refractivity contribution in [3.05, 3.63) is 53.9 Å². The Hall–Kier alpha value is -3.26. The Kier molecular flexibility index (Phi) is 5.70. The largest absolute Gasteiger partial charge is 0.399 e. The summed E-state index contributed by atoms with van der Waals surface area (Å²) in [6, 6.07) is 10.4. The molecule has 1 aromatic carbocycles. The molecule has 0 fully saturated rings. The summed E-state index contributed by atoms with van der Waals surface area (Å²) in [5.74, 6) is -0.0686. The van der Waals surface area contributed by atoms with E-state index in [2.05, 4.69) is 20.6 Å². The lowest BCUT2D eigenvalue weighted by Crippen LogP contribution is -2.17. The summed E-state index contributed by atoms with van der Waals surface area (Å²) in [4.78, 5) is 33.8. The molecule has 0 radical (unpaired) electrons. The van der Waals surface area contributed by atoms with Gasteiger partial charge < -0.3 is 16.4 Å². The van der Waals surface area contributed by atoms with Crippen molar-refractivity contribution in [1.82, 2.24) is 9.97 Å². The Labute approximate surface area is 167 Å². The maximum atomic E-state index is 12.4. The minimum atomic E-state index is -0.289. The molecule has 2 heterocycles. The first-order chi connectivity index (χ1) is 13.3. The van der Waals surface area contributed by atoms with Crippen molar-refractivity contribution < 1.29 is 9.59 Å². The zero-order valence-corrected chi connectivity index (χ0v) is 16.6. The number of anilines is 3. The van der Waals surface area contributed by atoms with Crippen molar-refractivity contribution in [1.29, 1.82) is 0 Å². The number of thiazole rings is 1. The molecule has 28 heavy (non-hydrogen) atoms. The van der Waals surface area contributed by atoms with Gasteiger partial charge in [-0.15, -0.1) is 0 Å². The van der Waals surface area contributed by atoms with Crippen LogP contribution in [0.4, 0.5) is 16.6 Å². The highest BCUT2D eigenvalue weighted by molar-refractivity contribution is 7.19. The molecule has 7 nitrogen and oxygen atoms in total. The van der Waals surface area contributed by atoms with Gasteiger partial charge in [0.2, 0.25) is 5.91 Å². The number of aryl methyl sites for hydroxylation is 1. The van der Waals surface area contributed by atoms with Gasteiger partial charge in [0, 0.05) is 23.4 Å². The van der Waals surface area contributed by atoms with Gasteiger partial charge in [-0.25, -0.2) is 9.97 Å². The number of carbonyl (C=O) groups excluding carboxylic acids is 2. The minimum absolute atomic E-state index is 0.0786. The van der Waals surface area contributed by atoms with Crippen LogP contribution < -0.4 is 16.4 Å². The molecule has 3 rings (SSSR count). The fourth-order valence-corrected chi connectivity index (χ4v) is 3.44. The van der Waals surface area contributed by atoms with E-state index in [1.807, 2.05) is 26.8 Å². The number of nitrogen functional groups attached to an aromatic ring is 1. The van der Waals surface area contributed by atoms with Crippen molar-refractivity contribution in [2.45, 2.75) is 20.8 Å². The topological polar surface area (TPSA) is 110 Å². The van der Waals surface area contributed by atoms with E-state index in [9.17, 15) is 9.59 Å². The number of benzene rings is 1. The van der Waals surface area contributed by atoms with E-state index in [4.69, 9.17) is 5.73 Å². The van der Waals surface area contributed by atoms with E-state index in [0.717, 1.165) is 16.1 Å². The van der Waals surface area contributed by atoms with E-state index in [-0.39, 0.29) is 17.7 Å². The highest BCUT2D eigenvalue weighted by Crippen LogP contribution is 2.33. The van der Waals surface area contributed by atoms with Crippen LogP contribution in [0.15, 0.2) is 42.6 Å². The third-order valence-electron chi connectivity index (χ3n) is 3.96. The first kappa shape index (κ1) is 19.5. The second kappa shape index (κ2) is 8.18. The first-order valence-corrected chi connectivity index (χ1v) is 9.56. The summed E-state index contributed by atoms with van der Waals surface area (Å²) < 4.78 is 0. The molecule has 8 heteroatoms. The van der Waals surface area contributed by atoms with E-state index >= 15 is 0 Å². The van der Waals surface area contributed by atoms with E-state index < -0.39 is 0 Å². The molecule has 0 bridgehead atoms. The number of carbonyl (C=O) groups is 2. The van der Waals surface area contributed by atoms with Crippen LogP contribution in [0.2, 0.25) is 0 Å². The van der Waals surface area contributed by atoms with Gasteiger partial charge in [0.15, 0.2) is 5.13 Å². The van der Waals surface area contributed by atoms with Crippen molar-refractivity contribution in [2.75, 3.05) is 16.4 Å². The third-order valence-corrected chi connectivity index (χ3v) is 5.09. The van der Waals surface area contributed by atoms with E-state index in [1.54, 1.807) is 36.5 Å². The molecule has 4 N–H and O–H groups in total. The lowest BCUT2D eigenvalue weighted by atomic mass is 10.2. The van der Waals surface area contributed by atoms with Crippen LogP contribution in [0.5, 0.6) is 0 Å². The van der Waals surface area contributed by atoms with Gasteiger partial charge in [0.05, 0.1) is 10.6 Å². The molecule has 0 aliphatic rings. The third kappa shape index (κ3) is 4.52. The summed E-state index contributed by atoms with van der Waals surface area (Å²) >= 11 is 1.38. The van der Waals surface area contributed by atoms with Crippen LogP contribution in [0, 0.1) is 12.8 Å².